The number of rotatable bonds is 6. The van der Waals surface area contributed by atoms with E-state index in [0.29, 0.717) is 26.2 Å². The molecule has 3 heterocycles. The summed E-state index contributed by atoms with van der Waals surface area (Å²) in [5.74, 6) is 0.0975. The van der Waals surface area contributed by atoms with Crippen LogP contribution in [0.25, 0.3) is 0 Å². The minimum atomic E-state index is -0.115. The van der Waals surface area contributed by atoms with E-state index >= 15 is 0 Å². The summed E-state index contributed by atoms with van der Waals surface area (Å²) >= 11 is 0. The van der Waals surface area contributed by atoms with Crippen LogP contribution in [0.1, 0.15) is 32.1 Å². The number of ether oxygens (including phenoxy) is 1. The molecule has 2 fully saturated rings. The summed E-state index contributed by atoms with van der Waals surface area (Å²) in [7, 11) is 1.64. The normalized spacial score (nSPS) is 21.7. The van der Waals surface area contributed by atoms with Crippen molar-refractivity contribution in [3.05, 3.63) is 22.6 Å². The Morgan fingerprint density at radius 3 is 2.78 bits per heavy atom. The van der Waals surface area contributed by atoms with Gasteiger partial charge in [0.05, 0.1) is 31.1 Å². The molecule has 0 aromatic carbocycles. The smallest absolute Gasteiger partial charge is 0.268 e. The first-order valence-electron chi connectivity index (χ1n) is 10.0. The van der Waals surface area contributed by atoms with Crippen LogP contribution in [0.5, 0.6) is 0 Å². The Kier molecular flexibility index (Phi) is 7.23. The number of hydrogen-bond acceptors (Lipinski definition) is 6. The van der Waals surface area contributed by atoms with E-state index in [9.17, 15) is 9.59 Å². The van der Waals surface area contributed by atoms with Gasteiger partial charge in [0.1, 0.15) is 0 Å². The highest BCUT2D eigenvalue weighted by Gasteiger charge is 2.21. The molecule has 1 atom stereocenters. The number of carbonyl (C=O) groups is 1. The lowest BCUT2D eigenvalue weighted by molar-refractivity contribution is -0.122. The van der Waals surface area contributed by atoms with E-state index in [1.54, 1.807) is 19.3 Å². The lowest BCUT2D eigenvalue weighted by atomic mass is 10.2. The zero-order valence-electron chi connectivity index (χ0n) is 16.2. The molecule has 0 radical (unpaired) electrons. The molecule has 0 saturated carbocycles. The molecule has 8 nitrogen and oxygen atoms in total. The second-order valence-corrected chi connectivity index (χ2v) is 7.44. The van der Waals surface area contributed by atoms with Crippen LogP contribution in [0.4, 0.5) is 5.69 Å². The first kappa shape index (κ1) is 19.8. The van der Waals surface area contributed by atoms with Gasteiger partial charge < -0.3 is 15.0 Å². The van der Waals surface area contributed by atoms with E-state index in [4.69, 9.17) is 4.74 Å². The molecular weight excluding hydrogens is 346 g/mol. The Bertz CT molecular complexity index is 670. The molecule has 0 bridgehead atoms. The first-order chi connectivity index (χ1) is 13.1. The van der Waals surface area contributed by atoms with E-state index in [0.717, 1.165) is 31.7 Å². The van der Waals surface area contributed by atoms with Gasteiger partial charge in [0.25, 0.3) is 5.56 Å². The van der Waals surface area contributed by atoms with Gasteiger partial charge in [-0.05, 0) is 32.4 Å². The number of carbonyl (C=O) groups excluding carboxylic acids is 1. The molecular formula is C19H31N5O3. The fourth-order valence-electron chi connectivity index (χ4n) is 3.69. The monoisotopic (exact) mass is 377 g/mol. The predicted molar refractivity (Wildman–Crippen MR) is 104 cm³/mol. The standard InChI is InChI=1S/C19H31N5O3/c1-22-19(26)12-16(13-21-22)24-10-11-27-17(14-24)6-7-20-18(25)15-23-8-4-2-3-5-9-23/h12-13,17H,2-11,14-15H2,1H3,(H,20,25)/t17-/m1/s1. The van der Waals surface area contributed by atoms with Crippen molar-refractivity contribution in [3.63, 3.8) is 0 Å². The maximum Gasteiger partial charge on any atom is 0.268 e. The fourth-order valence-corrected chi connectivity index (χ4v) is 3.69. The minimum Gasteiger partial charge on any atom is -0.374 e. The van der Waals surface area contributed by atoms with Crippen LogP contribution in [0.3, 0.4) is 0 Å². The minimum absolute atomic E-state index is 0.0429. The molecule has 1 N–H and O–H groups in total. The third kappa shape index (κ3) is 6.04. The van der Waals surface area contributed by atoms with Gasteiger partial charge in [0, 0.05) is 32.7 Å². The van der Waals surface area contributed by atoms with Gasteiger partial charge in [-0.15, -0.1) is 0 Å². The number of morpholine rings is 1. The Labute approximate surface area is 160 Å². The largest absolute Gasteiger partial charge is 0.374 e. The third-order valence-electron chi connectivity index (χ3n) is 5.31. The molecule has 1 aromatic heterocycles. The summed E-state index contributed by atoms with van der Waals surface area (Å²) in [6.45, 7) is 5.22. The Balaban J connectivity index is 1.40. The molecule has 2 saturated heterocycles. The van der Waals surface area contributed by atoms with Gasteiger partial charge in [0.15, 0.2) is 0 Å². The van der Waals surface area contributed by atoms with Gasteiger partial charge in [-0.3, -0.25) is 14.5 Å². The first-order valence-corrected chi connectivity index (χ1v) is 10.0. The molecule has 3 rings (SSSR count). The van der Waals surface area contributed by atoms with Crippen LogP contribution in [0.2, 0.25) is 0 Å². The van der Waals surface area contributed by atoms with Crippen molar-refractivity contribution in [2.24, 2.45) is 7.05 Å². The molecule has 27 heavy (non-hydrogen) atoms. The van der Waals surface area contributed by atoms with Crippen molar-refractivity contribution in [2.45, 2.75) is 38.2 Å². The number of anilines is 1. The molecule has 0 unspecified atom stereocenters. The van der Waals surface area contributed by atoms with Crippen molar-refractivity contribution in [2.75, 3.05) is 50.8 Å². The molecule has 0 spiro atoms. The summed E-state index contributed by atoms with van der Waals surface area (Å²) in [5, 5.41) is 7.11. The van der Waals surface area contributed by atoms with Crippen molar-refractivity contribution < 1.29 is 9.53 Å². The summed E-state index contributed by atoms with van der Waals surface area (Å²) in [5.41, 5.74) is 0.716. The molecule has 2 aliphatic heterocycles. The summed E-state index contributed by atoms with van der Waals surface area (Å²) in [6, 6.07) is 1.61. The van der Waals surface area contributed by atoms with Gasteiger partial charge in [-0.2, -0.15) is 5.10 Å². The highest BCUT2D eigenvalue weighted by Crippen LogP contribution is 2.16. The highest BCUT2D eigenvalue weighted by atomic mass is 16.5. The Hall–Kier alpha value is -1.93. The highest BCUT2D eigenvalue weighted by molar-refractivity contribution is 5.77. The van der Waals surface area contributed by atoms with E-state index in [1.165, 1.54) is 30.4 Å². The summed E-state index contributed by atoms with van der Waals surface area (Å²) in [4.78, 5) is 28.3. The number of nitrogens with zero attached hydrogens (tertiary/aromatic N) is 4. The van der Waals surface area contributed by atoms with Gasteiger partial charge in [-0.1, -0.05) is 12.8 Å². The quantitative estimate of drug-likeness (QED) is 0.772. The number of likely N-dealkylation sites (tertiary alicyclic amines) is 1. The Morgan fingerprint density at radius 1 is 1.26 bits per heavy atom. The van der Waals surface area contributed by atoms with Crippen LogP contribution in [-0.4, -0.2) is 72.6 Å². The zero-order valence-corrected chi connectivity index (χ0v) is 16.2. The molecule has 1 aromatic rings. The predicted octanol–water partition coefficient (Wildman–Crippen LogP) is 0.368. The average Bonchev–Trinajstić information content (AvgIpc) is 2.93. The second-order valence-electron chi connectivity index (χ2n) is 7.44. The van der Waals surface area contributed by atoms with Crippen molar-refractivity contribution in [3.8, 4) is 0 Å². The lowest BCUT2D eigenvalue weighted by Crippen LogP contribution is -2.45. The number of nitrogens with one attached hydrogen (secondary N) is 1. The van der Waals surface area contributed by atoms with Gasteiger partial charge >= 0.3 is 0 Å². The number of aryl methyl sites for hydroxylation is 1. The topological polar surface area (TPSA) is 79.7 Å². The fraction of sp³-hybridized carbons (Fsp3) is 0.737. The number of aromatic nitrogens is 2. The van der Waals surface area contributed by atoms with E-state index in [2.05, 4.69) is 20.2 Å². The lowest BCUT2D eigenvalue weighted by Gasteiger charge is -2.34. The maximum absolute atomic E-state index is 12.2. The van der Waals surface area contributed by atoms with Crippen LogP contribution >= 0.6 is 0 Å². The van der Waals surface area contributed by atoms with Crippen LogP contribution in [0, 0.1) is 0 Å². The SMILES string of the molecule is Cn1ncc(N2CCO[C@H](CCNC(=O)CN3CCCCCC3)C2)cc1=O. The van der Waals surface area contributed by atoms with E-state index in [-0.39, 0.29) is 17.6 Å². The van der Waals surface area contributed by atoms with Crippen LogP contribution < -0.4 is 15.8 Å². The summed E-state index contributed by atoms with van der Waals surface area (Å²) < 4.78 is 7.15. The molecule has 8 heteroatoms. The molecule has 1 amide bonds. The molecule has 0 aliphatic carbocycles. The van der Waals surface area contributed by atoms with E-state index < -0.39 is 0 Å². The van der Waals surface area contributed by atoms with Crippen LogP contribution in [-0.2, 0) is 16.6 Å². The number of hydrogen-bond donors (Lipinski definition) is 1. The van der Waals surface area contributed by atoms with E-state index in [1.807, 2.05) is 0 Å². The maximum atomic E-state index is 12.2. The molecule has 2 aliphatic rings. The van der Waals surface area contributed by atoms with Gasteiger partial charge in [-0.25, -0.2) is 4.68 Å². The second kappa shape index (κ2) is 9.85. The van der Waals surface area contributed by atoms with Gasteiger partial charge in [0.2, 0.25) is 5.91 Å². The van der Waals surface area contributed by atoms with Crippen molar-refractivity contribution in [1.29, 1.82) is 0 Å². The summed E-state index contributed by atoms with van der Waals surface area (Å²) in [6.07, 6.45) is 7.45. The van der Waals surface area contributed by atoms with Crippen molar-refractivity contribution >= 4 is 11.6 Å². The zero-order chi connectivity index (χ0) is 19.1. The van der Waals surface area contributed by atoms with Crippen LogP contribution in [0.15, 0.2) is 17.1 Å². The third-order valence-corrected chi connectivity index (χ3v) is 5.31. The average molecular weight is 377 g/mol. The Morgan fingerprint density at radius 2 is 2.04 bits per heavy atom. The van der Waals surface area contributed by atoms with Crippen molar-refractivity contribution in [1.82, 2.24) is 20.0 Å². The number of amides is 1. The molecule has 150 valence electrons.